The van der Waals surface area contributed by atoms with Crippen LogP contribution in [0.15, 0.2) is 24.5 Å². The van der Waals surface area contributed by atoms with Gasteiger partial charge in [-0.15, -0.1) is 0 Å². The van der Waals surface area contributed by atoms with Gasteiger partial charge >= 0.3 is 5.97 Å². The van der Waals surface area contributed by atoms with Gasteiger partial charge in [-0.05, 0) is 64.2 Å². The molecule has 0 N–H and O–H groups in total. The average molecular weight is 383 g/mol. The number of rotatable bonds is 5. The molecule has 6 heteroatoms. The molecule has 6 nitrogen and oxygen atoms in total. The van der Waals surface area contributed by atoms with Gasteiger partial charge in [0.25, 0.3) is 5.91 Å². The molecule has 0 radical (unpaired) electrons. The van der Waals surface area contributed by atoms with Gasteiger partial charge in [0.05, 0.1) is 18.2 Å². The van der Waals surface area contributed by atoms with E-state index in [1.807, 2.05) is 48.6 Å². The van der Waals surface area contributed by atoms with Crippen LogP contribution < -0.4 is 0 Å². The molecule has 1 unspecified atom stereocenters. The predicted octanol–water partition coefficient (Wildman–Crippen LogP) is 4.06. The zero-order chi connectivity index (χ0) is 20.3. The standard InChI is InChI=1S/C22H29N3O3/c1-5-24-16(4)19(15(3)20(24)22(27)28-6-2)21(26)25-13-8-7-11-18(25)17-10-9-12-23-14-17/h9-10,12,14,18H,5-8,11,13H2,1-4H3. The Balaban J connectivity index is 2.02. The fourth-order valence-electron chi connectivity index (χ4n) is 4.31. The molecule has 1 aliphatic heterocycles. The van der Waals surface area contributed by atoms with Gasteiger partial charge < -0.3 is 14.2 Å². The van der Waals surface area contributed by atoms with Gasteiger partial charge in [0.2, 0.25) is 0 Å². The number of hydrogen-bond donors (Lipinski definition) is 0. The molecule has 1 atom stereocenters. The number of pyridine rings is 1. The van der Waals surface area contributed by atoms with Gasteiger partial charge in [-0.3, -0.25) is 9.78 Å². The molecular formula is C22H29N3O3. The lowest BCUT2D eigenvalue weighted by Crippen LogP contribution is -2.39. The molecule has 28 heavy (non-hydrogen) atoms. The highest BCUT2D eigenvalue weighted by atomic mass is 16.5. The number of carbonyl (C=O) groups excluding carboxylic acids is 2. The maximum atomic E-state index is 13.6. The topological polar surface area (TPSA) is 64.4 Å². The molecule has 2 aromatic heterocycles. The minimum atomic E-state index is -0.369. The molecule has 3 heterocycles. The van der Waals surface area contributed by atoms with E-state index in [-0.39, 0.29) is 17.9 Å². The summed E-state index contributed by atoms with van der Waals surface area (Å²) in [6.45, 7) is 9.16. The molecule has 1 fully saturated rings. The van der Waals surface area contributed by atoms with Crippen molar-refractivity contribution in [2.24, 2.45) is 0 Å². The van der Waals surface area contributed by atoms with Crippen molar-refractivity contribution < 1.29 is 14.3 Å². The van der Waals surface area contributed by atoms with E-state index in [4.69, 9.17) is 4.74 Å². The third-order valence-corrected chi connectivity index (χ3v) is 5.60. The Morgan fingerprint density at radius 2 is 2.04 bits per heavy atom. The molecule has 2 aromatic rings. The third kappa shape index (κ3) is 3.55. The molecule has 3 rings (SSSR count). The van der Waals surface area contributed by atoms with Gasteiger partial charge in [-0.25, -0.2) is 4.79 Å². The molecule has 0 bridgehead atoms. The number of carbonyl (C=O) groups is 2. The fraction of sp³-hybridized carbons (Fsp3) is 0.500. The highest BCUT2D eigenvalue weighted by molar-refractivity contribution is 6.01. The first kappa shape index (κ1) is 20.1. The van der Waals surface area contributed by atoms with Gasteiger partial charge in [-0.2, -0.15) is 0 Å². The van der Waals surface area contributed by atoms with E-state index in [0.29, 0.717) is 36.5 Å². The Labute approximate surface area is 166 Å². The van der Waals surface area contributed by atoms with Crippen molar-refractivity contribution in [1.82, 2.24) is 14.5 Å². The summed E-state index contributed by atoms with van der Waals surface area (Å²) in [5, 5.41) is 0. The summed E-state index contributed by atoms with van der Waals surface area (Å²) < 4.78 is 7.13. The second-order valence-electron chi connectivity index (χ2n) is 7.20. The molecule has 0 aliphatic carbocycles. The number of likely N-dealkylation sites (tertiary alicyclic amines) is 1. The third-order valence-electron chi connectivity index (χ3n) is 5.60. The molecule has 0 spiro atoms. The minimum absolute atomic E-state index is 0.0127. The smallest absolute Gasteiger partial charge is 0.355 e. The number of aromatic nitrogens is 2. The second-order valence-corrected chi connectivity index (χ2v) is 7.20. The number of amides is 1. The summed E-state index contributed by atoms with van der Waals surface area (Å²) in [5.41, 5.74) is 3.70. The maximum Gasteiger partial charge on any atom is 0.355 e. The fourth-order valence-corrected chi connectivity index (χ4v) is 4.31. The summed E-state index contributed by atoms with van der Waals surface area (Å²) in [6.07, 6.45) is 6.59. The van der Waals surface area contributed by atoms with E-state index in [0.717, 1.165) is 30.5 Å². The minimum Gasteiger partial charge on any atom is -0.461 e. The van der Waals surface area contributed by atoms with Crippen LogP contribution in [-0.2, 0) is 11.3 Å². The predicted molar refractivity (Wildman–Crippen MR) is 107 cm³/mol. The maximum absolute atomic E-state index is 13.6. The van der Waals surface area contributed by atoms with E-state index in [9.17, 15) is 9.59 Å². The van der Waals surface area contributed by atoms with Crippen LogP contribution in [0.1, 0.15) is 76.8 Å². The van der Waals surface area contributed by atoms with Crippen LogP contribution in [0.2, 0.25) is 0 Å². The normalized spacial score (nSPS) is 16.9. The van der Waals surface area contributed by atoms with Gasteiger partial charge in [0.15, 0.2) is 0 Å². The zero-order valence-corrected chi connectivity index (χ0v) is 17.2. The van der Waals surface area contributed by atoms with Crippen molar-refractivity contribution in [1.29, 1.82) is 0 Å². The van der Waals surface area contributed by atoms with Crippen molar-refractivity contribution in [2.45, 2.75) is 59.5 Å². The molecule has 1 amide bonds. The van der Waals surface area contributed by atoms with Crippen LogP contribution in [-0.4, -0.2) is 39.5 Å². The van der Waals surface area contributed by atoms with E-state index >= 15 is 0 Å². The number of hydrogen-bond acceptors (Lipinski definition) is 4. The van der Waals surface area contributed by atoms with Crippen molar-refractivity contribution in [3.05, 3.63) is 52.6 Å². The average Bonchev–Trinajstić information content (AvgIpc) is 2.97. The summed E-state index contributed by atoms with van der Waals surface area (Å²) in [5.74, 6) is -0.382. The van der Waals surface area contributed by atoms with Crippen molar-refractivity contribution >= 4 is 11.9 Å². The number of nitrogens with zero attached hydrogens (tertiary/aromatic N) is 3. The first-order valence-corrected chi connectivity index (χ1v) is 10.1. The summed E-state index contributed by atoms with van der Waals surface area (Å²) >= 11 is 0. The largest absolute Gasteiger partial charge is 0.461 e. The van der Waals surface area contributed by atoms with Crippen molar-refractivity contribution in [3.63, 3.8) is 0 Å². The van der Waals surface area contributed by atoms with Crippen LogP contribution in [0.4, 0.5) is 0 Å². The zero-order valence-electron chi connectivity index (χ0n) is 17.2. The molecular weight excluding hydrogens is 354 g/mol. The van der Waals surface area contributed by atoms with Gasteiger partial charge in [0, 0.05) is 31.2 Å². The number of esters is 1. The van der Waals surface area contributed by atoms with Gasteiger partial charge in [0.1, 0.15) is 5.69 Å². The molecule has 1 aliphatic rings. The van der Waals surface area contributed by atoms with Crippen LogP contribution in [0.3, 0.4) is 0 Å². The first-order chi connectivity index (χ1) is 13.5. The lowest BCUT2D eigenvalue weighted by atomic mass is 9.95. The van der Waals surface area contributed by atoms with Crippen LogP contribution in [0.5, 0.6) is 0 Å². The second kappa shape index (κ2) is 8.59. The van der Waals surface area contributed by atoms with Crippen molar-refractivity contribution in [2.75, 3.05) is 13.2 Å². The van der Waals surface area contributed by atoms with E-state index in [2.05, 4.69) is 4.98 Å². The highest BCUT2D eigenvalue weighted by Crippen LogP contribution is 2.34. The number of piperidine rings is 1. The summed E-state index contributed by atoms with van der Waals surface area (Å²) in [4.78, 5) is 32.3. The lowest BCUT2D eigenvalue weighted by molar-refractivity contribution is 0.0512. The van der Waals surface area contributed by atoms with E-state index in [1.165, 1.54) is 0 Å². The van der Waals surface area contributed by atoms with Crippen LogP contribution in [0.25, 0.3) is 0 Å². The van der Waals surface area contributed by atoms with E-state index < -0.39 is 0 Å². The summed E-state index contributed by atoms with van der Waals surface area (Å²) in [7, 11) is 0. The number of ether oxygens (including phenoxy) is 1. The van der Waals surface area contributed by atoms with E-state index in [1.54, 1.807) is 13.1 Å². The Bertz CT molecular complexity index is 858. The Kier molecular flexibility index (Phi) is 6.17. The first-order valence-electron chi connectivity index (χ1n) is 10.1. The molecule has 150 valence electrons. The molecule has 1 saturated heterocycles. The molecule has 0 saturated carbocycles. The summed E-state index contributed by atoms with van der Waals surface area (Å²) in [6, 6.07) is 3.96. The molecule has 0 aromatic carbocycles. The lowest BCUT2D eigenvalue weighted by Gasteiger charge is -2.36. The quantitative estimate of drug-likeness (QED) is 0.730. The van der Waals surface area contributed by atoms with Crippen LogP contribution in [0, 0.1) is 13.8 Å². The monoisotopic (exact) mass is 383 g/mol. The Morgan fingerprint density at radius 3 is 2.68 bits per heavy atom. The van der Waals surface area contributed by atoms with Gasteiger partial charge in [-0.1, -0.05) is 6.07 Å². The van der Waals surface area contributed by atoms with Crippen LogP contribution >= 0.6 is 0 Å². The SMILES string of the molecule is CCOC(=O)c1c(C)c(C(=O)N2CCCCC2c2cccnc2)c(C)n1CC. The Hall–Kier alpha value is -2.63. The highest BCUT2D eigenvalue weighted by Gasteiger charge is 2.34. The van der Waals surface area contributed by atoms with Crippen molar-refractivity contribution in [3.8, 4) is 0 Å². The Morgan fingerprint density at radius 1 is 1.25 bits per heavy atom.